The molecule has 7 nitrogen and oxygen atoms in total. The minimum Gasteiger partial charge on any atom is -0.465 e. The SMILES string of the molecule is C#CCN=C1O/C(=C\c2c[nH]c3ncccc23)C(=O)C1C(=O)OCC. The molecule has 1 N–H and O–H groups in total. The fraction of sp³-hybridized carbons (Fsp3) is 0.222. The van der Waals surface area contributed by atoms with Gasteiger partial charge in [-0.15, -0.1) is 6.42 Å². The Balaban J connectivity index is 1.98. The number of allylic oxidation sites excluding steroid dienone is 1. The molecule has 1 atom stereocenters. The molecule has 1 saturated heterocycles. The molecule has 1 unspecified atom stereocenters. The Labute approximate surface area is 143 Å². The van der Waals surface area contributed by atoms with Crippen molar-refractivity contribution in [2.24, 2.45) is 10.9 Å². The number of aromatic amines is 1. The number of carbonyl (C=O) groups excluding carboxylic acids is 2. The highest BCUT2D eigenvalue weighted by molar-refractivity contribution is 6.27. The zero-order valence-corrected chi connectivity index (χ0v) is 13.5. The molecule has 126 valence electrons. The number of nitrogens with one attached hydrogen (secondary N) is 1. The Kier molecular flexibility index (Phi) is 4.61. The Morgan fingerprint density at radius 2 is 2.44 bits per heavy atom. The van der Waals surface area contributed by atoms with Crippen molar-refractivity contribution in [1.29, 1.82) is 0 Å². The standard InChI is InChI=1S/C18H15N3O4/c1-3-7-20-17-14(18(23)24-4-2)15(22)13(25-17)9-11-10-21-16-12(11)6-5-8-19-16/h1,5-6,8-10,14H,4,7H2,2H3,(H,19,21)/b13-9-,20-17?. The number of aliphatic imine (C=N–C) groups is 1. The molecule has 0 spiro atoms. The third kappa shape index (κ3) is 3.15. The molecule has 1 aliphatic rings. The van der Waals surface area contributed by atoms with Gasteiger partial charge in [-0.05, 0) is 25.1 Å². The summed E-state index contributed by atoms with van der Waals surface area (Å²) in [7, 11) is 0. The molecule has 1 aliphatic heterocycles. The average molecular weight is 337 g/mol. The van der Waals surface area contributed by atoms with Gasteiger partial charge in [-0.2, -0.15) is 0 Å². The number of fused-ring (bicyclic) bond motifs is 1. The maximum atomic E-state index is 12.6. The summed E-state index contributed by atoms with van der Waals surface area (Å²) in [6.07, 6.45) is 10.1. The molecule has 0 saturated carbocycles. The number of terminal acetylenes is 1. The van der Waals surface area contributed by atoms with Crippen molar-refractivity contribution in [2.45, 2.75) is 6.92 Å². The van der Waals surface area contributed by atoms with Crippen LogP contribution in [-0.2, 0) is 19.1 Å². The number of aromatic nitrogens is 2. The number of ether oxygens (including phenoxy) is 2. The number of pyridine rings is 1. The average Bonchev–Trinajstić information content (AvgIpc) is 3.15. The number of carbonyl (C=O) groups is 2. The second kappa shape index (κ2) is 7.01. The van der Waals surface area contributed by atoms with E-state index in [4.69, 9.17) is 15.9 Å². The number of nitrogens with zero attached hydrogens (tertiary/aromatic N) is 2. The first-order valence-electron chi connectivity index (χ1n) is 7.66. The zero-order chi connectivity index (χ0) is 17.8. The fourth-order valence-electron chi connectivity index (χ4n) is 2.50. The second-order valence-corrected chi connectivity index (χ2v) is 5.16. The normalized spacial score (nSPS) is 20.0. The fourth-order valence-corrected chi connectivity index (χ4v) is 2.50. The summed E-state index contributed by atoms with van der Waals surface area (Å²) in [6, 6.07) is 3.65. The van der Waals surface area contributed by atoms with Crippen LogP contribution >= 0.6 is 0 Å². The lowest BCUT2D eigenvalue weighted by Crippen LogP contribution is -2.27. The molecule has 3 rings (SSSR count). The monoisotopic (exact) mass is 337 g/mol. The van der Waals surface area contributed by atoms with Crippen LogP contribution in [0.4, 0.5) is 0 Å². The van der Waals surface area contributed by atoms with Crippen molar-refractivity contribution in [1.82, 2.24) is 9.97 Å². The summed E-state index contributed by atoms with van der Waals surface area (Å²) in [5.74, 6) is -0.130. The number of hydrogen-bond donors (Lipinski definition) is 1. The minimum absolute atomic E-state index is 0.00278. The number of ketones is 1. The largest absolute Gasteiger partial charge is 0.465 e. The van der Waals surface area contributed by atoms with Gasteiger partial charge >= 0.3 is 5.97 Å². The predicted molar refractivity (Wildman–Crippen MR) is 91.4 cm³/mol. The van der Waals surface area contributed by atoms with E-state index in [-0.39, 0.29) is 24.8 Å². The van der Waals surface area contributed by atoms with Crippen LogP contribution in [0.2, 0.25) is 0 Å². The van der Waals surface area contributed by atoms with Crippen molar-refractivity contribution >= 4 is 34.8 Å². The van der Waals surface area contributed by atoms with E-state index in [1.54, 1.807) is 31.5 Å². The molecular weight excluding hydrogens is 322 g/mol. The molecule has 0 bridgehead atoms. The van der Waals surface area contributed by atoms with E-state index < -0.39 is 17.7 Å². The number of hydrogen-bond acceptors (Lipinski definition) is 6. The Morgan fingerprint density at radius 3 is 3.20 bits per heavy atom. The summed E-state index contributed by atoms with van der Waals surface area (Å²) in [4.78, 5) is 35.9. The second-order valence-electron chi connectivity index (χ2n) is 5.16. The van der Waals surface area contributed by atoms with Crippen LogP contribution in [0.25, 0.3) is 17.1 Å². The first-order chi connectivity index (χ1) is 12.2. The van der Waals surface area contributed by atoms with Gasteiger partial charge < -0.3 is 14.5 Å². The van der Waals surface area contributed by atoms with Gasteiger partial charge in [-0.1, -0.05) is 5.92 Å². The van der Waals surface area contributed by atoms with E-state index in [0.717, 1.165) is 5.39 Å². The number of Topliss-reactive ketones (excluding diaryl/α,β-unsaturated/α-hetero) is 1. The van der Waals surface area contributed by atoms with Crippen LogP contribution < -0.4 is 0 Å². The predicted octanol–water partition coefficient (Wildman–Crippen LogP) is 1.71. The molecule has 7 heteroatoms. The van der Waals surface area contributed by atoms with E-state index in [0.29, 0.717) is 11.2 Å². The van der Waals surface area contributed by atoms with Gasteiger partial charge in [-0.25, -0.2) is 9.98 Å². The Bertz CT molecular complexity index is 933. The smallest absolute Gasteiger partial charge is 0.326 e. The first-order valence-corrected chi connectivity index (χ1v) is 7.66. The van der Waals surface area contributed by atoms with E-state index in [2.05, 4.69) is 20.9 Å². The van der Waals surface area contributed by atoms with Crippen LogP contribution in [0.15, 0.2) is 35.3 Å². The molecule has 0 aromatic carbocycles. The molecule has 0 radical (unpaired) electrons. The lowest BCUT2D eigenvalue weighted by molar-refractivity contribution is -0.147. The maximum absolute atomic E-state index is 12.6. The van der Waals surface area contributed by atoms with Gasteiger partial charge in [0.1, 0.15) is 12.2 Å². The highest BCUT2D eigenvalue weighted by Gasteiger charge is 2.44. The number of H-pyrrole nitrogens is 1. The quantitative estimate of drug-likeness (QED) is 0.397. The van der Waals surface area contributed by atoms with Gasteiger partial charge in [-0.3, -0.25) is 9.59 Å². The number of rotatable bonds is 4. The van der Waals surface area contributed by atoms with Gasteiger partial charge in [0.15, 0.2) is 11.7 Å². The Morgan fingerprint density at radius 1 is 1.60 bits per heavy atom. The molecule has 0 aliphatic carbocycles. The number of esters is 1. The van der Waals surface area contributed by atoms with Crippen LogP contribution in [0, 0.1) is 18.3 Å². The molecule has 3 heterocycles. The van der Waals surface area contributed by atoms with Gasteiger partial charge in [0, 0.05) is 23.3 Å². The zero-order valence-electron chi connectivity index (χ0n) is 13.5. The summed E-state index contributed by atoms with van der Waals surface area (Å²) in [5.41, 5.74) is 1.40. The van der Waals surface area contributed by atoms with E-state index in [1.165, 1.54) is 0 Å². The van der Waals surface area contributed by atoms with Gasteiger partial charge in [0.05, 0.1) is 6.61 Å². The molecule has 2 aromatic rings. The first kappa shape index (κ1) is 16.5. The van der Waals surface area contributed by atoms with Crippen LogP contribution in [0.5, 0.6) is 0 Å². The molecule has 25 heavy (non-hydrogen) atoms. The van der Waals surface area contributed by atoms with Gasteiger partial charge in [0.25, 0.3) is 0 Å². The van der Waals surface area contributed by atoms with Crippen molar-refractivity contribution < 1.29 is 19.1 Å². The highest BCUT2D eigenvalue weighted by atomic mass is 16.5. The van der Waals surface area contributed by atoms with E-state index in [9.17, 15) is 9.59 Å². The van der Waals surface area contributed by atoms with Crippen molar-refractivity contribution in [3.05, 3.63) is 35.8 Å². The highest BCUT2D eigenvalue weighted by Crippen LogP contribution is 2.27. The van der Waals surface area contributed by atoms with Crippen LogP contribution in [0.3, 0.4) is 0 Å². The maximum Gasteiger partial charge on any atom is 0.326 e. The summed E-state index contributed by atoms with van der Waals surface area (Å²) in [5, 5.41) is 0.827. The lowest BCUT2D eigenvalue weighted by Gasteiger charge is -2.05. The third-order valence-corrected chi connectivity index (χ3v) is 3.58. The third-order valence-electron chi connectivity index (χ3n) is 3.58. The van der Waals surface area contributed by atoms with Crippen LogP contribution in [0.1, 0.15) is 12.5 Å². The van der Waals surface area contributed by atoms with E-state index in [1.807, 2.05) is 6.07 Å². The molecular formula is C18H15N3O4. The summed E-state index contributed by atoms with van der Waals surface area (Å²) >= 11 is 0. The van der Waals surface area contributed by atoms with Gasteiger partial charge in [0.2, 0.25) is 11.7 Å². The summed E-state index contributed by atoms with van der Waals surface area (Å²) in [6.45, 7) is 1.81. The molecule has 2 aromatic heterocycles. The lowest BCUT2D eigenvalue weighted by atomic mass is 10.0. The Hall–Kier alpha value is -3.40. The van der Waals surface area contributed by atoms with Crippen molar-refractivity contribution in [3.8, 4) is 12.3 Å². The molecule has 1 fully saturated rings. The topological polar surface area (TPSA) is 93.6 Å². The van der Waals surface area contributed by atoms with Crippen molar-refractivity contribution in [3.63, 3.8) is 0 Å². The minimum atomic E-state index is -1.22. The summed E-state index contributed by atoms with van der Waals surface area (Å²) < 4.78 is 10.5. The van der Waals surface area contributed by atoms with Crippen molar-refractivity contribution in [2.75, 3.05) is 13.2 Å². The van der Waals surface area contributed by atoms with Crippen LogP contribution in [-0.4, -0.2) is 40.8 Å². The molecule has 0 amide bonds. The van der Waals surface area contributed by atoms with E-state index >= 15 is 0 Å².